The van der Waals surface area contributed by atoms with E-state index >= 15 is 0 Å². The van der Waals surface area contributed by atoms with Gasteiger partial charge < -0.3 is 0 Å². The number of carbonyl (C=O) groups excluding carboxylic acids is 2. The Kier molecular flexibility index (Phi) is 6.64. The Bertz CT molecular complexity index is 962. The molecular formula is C35H54O2. The summed E-state index contributed by atoms with van der Waals surface area (Å²) in [6.07, 6.45) is 20.8. The fraction of sp³-hybridized carbons (Fsp3) is 0.886. The molecule has 0 bridgehead atoms. The van der Waals surface area contributed by atoms with Crippen LogP contribution in [0.15, 0.2) is 11.6 Å². The molecule has 6 aliphatic carbocycles. The molecule has 5 fully saturated rings. The van der Waals surface area contributed by atoms with Crippen molar-refractivity contribution in [2.24, 2.45) is 63.6 Å². The lowest BCUT2D eigenvalue weighted by atomic mass is 9.40. The van der Waals surface area contributed by atoms with Crippen molar-refractivity contribution in [3.8, 4) is 0 Å². The van der Waals surface area contributed by atoms with Crippen molar-refractivity contribution in [2.75, 3.05) is 0 Å². The van der Waals surface area contributed by atoms with Crippen LogP contribution in [0.4, 0.5) is 0 Å². The van der Waals surface area contributed by atoms with Crippen molar-refractivity contribution >= 4 is 11.6 Å². The molecule has 5 saturated carbocycles. The van der Waals surface area contributed by atoms with Crippen molar-refractivity contribution in [3.05, 3.63) is 11.6 Å². The number of ketones is 2. The molecule has 5 unspecified atom stereocenters. The van der Waals surface area contributed by atoms with Gasteiger partial charge in [-0.1, -0.05) is 71.8 Å². The second-order valence-electron chi connectivity index (χ2n) is 15.5. The molecule has 0 aromatic heterocycles. The highest BCUT2D eigenvalue weighted by molar-refractivity contribution is 5.92. The van der Waals surface area contributed by atoms with Crippen LogP contribution >= 0.6 is 0 Å². The van der Waals surface area contributed by atoms with Gasteiger partial charge in [0.1, 0.15) is 5.78 Å². The zero-order valence-electron chi connectivity index (χ0n) is 24.6. The number of hydrogen-bond donors (Lipinski definition) is 0. The van der Waals surface area contributed by atoms with Crippen LogP contribution in [-0.2, 0) is 9.59 Å². The molecule has 0 spiro atoms. The number of rotatable bonds is 3. The molecule has 2 heteroatoms. The Labute approximate surface area is 227 Å². The van der Waals surface area contributed by atoms with Gasteiger partial charge in [0.25, 0.3) is 0 Å². The maximum atomic E-state index is 13.8. The number of Topliss-reactive ketones (excluding diaryl/α,β-unsaturated/α-hetero) is 1. The number of allylic oxidation sites excluding steroid dienone is 1. The third-order valence-corrected chi connectivity index (χ3v) is 14.5. The number of carbonyl (C=O) groups is 2. The zero-order valence-corrected chi connectivity index (χ0v) is 24.6. The van der Waals surface area contributed by atoms with Gasteiger partial charge in [0.2, 0.25) is 0 Å². The van der Waals surface area contributed by atoms with E-state index in [1.807, 2.05) is 6.92 Å². The van der Waals surface area contributed by atoms with Gasteiger partial charge in [-0.05, 0) is 123 Å². The van der Waals surface area contributed by atoms with Crippen LogP contribution < -0.4 is 0 Å². The molecule has 0 radical (unpaired) electrons. The van der Waals surface area contributed by atoms with Crippen molar-refractivity contribution < 1.29 is 9.59 Å². The summed E-state index contributed by atoms with van der Waals surface area (Å²) in [5, 5.41) is 0. The van der Waals surface area contributed by atoms with E-state index < -0.39 is 0 Å². The lowest BCUT2D eigenvalue weighted by molar-refractivity contribution is -0.158. The number of fused-ring (bicyclic) bond motifs is 5. The molecule has 0 aromatic carbocycles. The molecule has 0 heterocycles. The Balaban J connectivity index is 1.37. The molecule has 0 aromatic rings. The summed E-state index contributed by atoms with van der Waals surface area (Å²) in [5.74, 6) is 6.32. The molecule has 6 rings (SSSR count). The normalized spacial score (nSPS) is 52.0. The van der Waals surface area contributed by atoms with E-state index in [1.54, 1.807) is 0 Å². The summed E-state index contributed by atoms with van der Waals surface area (Å²) in [4.78, 5) is 26.9. The molecule has 0 amide bonds. The van der Waals surface area contributed by atoms with Gasteiger partial charge in [-0.2, -0.15) is 0 Å². The van der Waals surface area contributed by atoms with Crippen LogP contribution in [0.5, 0.6) is 0 Å². The average molecular weight is 507 g/mol. The first-order chi connectivity index (χ1) is 17.6. The Morgan fingerprint density at radius 1 is 0.757 bits per heavy atom. The van der Waals surface area contributed by atoms with Crippen LogP contribution in [0.3, 0.4) is 0 Å². The predicted octanol–water partition coefficient (Wildman–Crippen LogP) is 8.97. The average Bonchev–Trinajstić information content (AvgIpc) is 3.19. The monoisotopic (exact) mass is 506 g/mol. The summed E-state index contributed by atoms with van der Waals surface area (Å²) in [7, 11) is 0. The lowest BCUT2D eigenvalue weighted by Gasteiger charge is -2.63. The van der Waals surface area contributed by atoms with Gasteiger partial charge in [0.15, 0.2) is 5.78 Å². The van der Waals surface area contributed by atoms with Gasteiger partial charge in [0, 0.05) is 11.8 Å². The first-order valence-corrected chi connectivity index (χ1v) is 16.4. The fourth-order valence-electron chi connectivity index (χ4n) is 12.8. The molecule has 0 N–H and O–H groups in total. The van der Waals surface area contributed by atoms with Crippen LogP contribution in [0.2, 0.25) is 0 Å². The molecule has 206 valence electrons. The van der Waals surface area contributed by atoms with Gasteiger partial charge in [-0.25, -0.2) is 0 Å². The predicted molar refractivity (Wildman–Crippen MR) is 151 cm³/mol. The van der Waals surface area contributed by atoms with E-state index in [4.69, 9.17) is 0 Å². The van der Waals surface area contributed by atoms with Crippen molar-refractivity contribution in [1.29, 1.82) is 0 Å². The summed E-state index contributed by atoms with van der Waals surface area (Å²) < 4.78 is 0. The van der Waals surface area contributed by atoms with Crippen LogP contribution in [-0.4, -0.2) is 11.6 Å². The highest BCUT2D eigenvalue weighted by Crippen LogP contribution is 2.74. The minimum atomic E-state index is -0.0979. The molecular weight excluding hydrogens is 452 g/mol. The van der Waals surface area contributed by atoms with Crippen LogP contribution in [0, 0.1) is 63.6 Å². The first kappa shape index (κ1) is 26.3. The van der Waals surface area contributed by atoms with Gasteiger partial charge in [0.05, 0.1) is 0 Å². The largest absolute Gasteiger partial charge is 0.299 e. The topological polar surface area (TPSA) is 34.1 Å². The fourth-order valence-corrected chi connectivity index (χ4v) is 12.8. The lowest BCUT2D eigenvalue weighted by Crippen LogP contribution is -2.59. The summed E-state index contributed by atoms with van der Waals surface area (Å²) in [6, 6.07) is 0. The maximum absolute atomic E-state index is 13.8. The Hall–Kier alpha value is -0.920. The third kappa shape index (κ3) is 3.61. The Morgan fingerprint density at radius 2 is 1.43 bits per heavy atom. The summed E-state index contributed by atoms with van der Waals surface area (Å²) >= 11 is 0. The molecule has 11 atom stereocenters. The van der Waals surface area contributed by atoms with Gasteiger partial charge in [-0.3, -0.25) is 9.59 Å². The van der Waals surface area contributed by atoms with E-state index in [1.165, 1.54) is 82.6 Å². The van der Waals surface area contributed by atoms with Crippen molar-refractivity contribution in [3.63, 3.8) is 0 Å². The van der Waals surface area contributed by atoms with Gasteiger partial charge in [-0.15, -0.1) is 0 Å². The zero-order chi connectivity index (χ0) is 26.2. The van der Waals surface area contributed by atoms with Crippen molar-refractivity contribution in [2.45, 2.75) is 131 Å². The molecule has 6 aliphatic rings. The summed E-state index contributed by atoms with van der Waals surface area (Å²) in [5.41, 5.74) is 1.77. The molecule has 37 heavy (non-hydrogen) atoms. The molecule has 2 nitrogen and oxygen atoms in total. The standard InChI is InChI=1S/C35H54O2/c1-22-10-6-8-12-27(22)32-21-26(37)20-25-14-15-28-30-17-19-35(24(3)36,29-13-9-7-11-23(29)2)33(30,4)18-16-31(28)34(25,32)5/h20,22-23,27-32H,6-19,21H2,1-5H3/t22?,23?,27?,28-,29?,30-,31-,32?,33-,34-,35+/m0/s1. The highest BCUT2D eigenvalue weighted by Gasteiger charge is 2.69. The van der Waals surface area contributed by atoms with E-state index in [9.17, 15) is 9.59 Å². The Morgan fingerprint density at radius 3 is 2.14 bits per heavy atom. The SMILES string of the molecule is CC(=O)[C@@]1(C2CCCCC2C)CC[C@H]2[C@@H]3CCC4=CC(=O)CC(C5CCCCC5C)[C@]4(C)[C@H]3CC[C@@]21C. The minimum absolute atomic E-state index is 0.0979. The van der Waals surface area contributed by atoms with E-state index in [-0.39, 0.29) is 16.2 Å². The third-order valence-electron chi connectivity index (χ3n) is 14.5. The van der Waals surface area contributed by atoms with E-state index in [2.05, 4.69) is 33.8 Å². The number of hydrogen-bond acceptors (Lipinski definition) is 2. The summed E-state index contributed by atoms with van der Waals surface area (Å²) in [6.45, 7) is 12.1. The minimum Gasteiger partial charge on any atom is -0.299 e. The molecule has 0 aliphatic heterocycles. The van der Waals surface area contributed by atoms with E-state index in [0.29, 0.717) is 47.1 Å². The maximum Gasteiger partial charge on any atom is 0.155 e. The van der Waals surface area contributed by atoms with E-state index in [0.717, 1.165) is 31.1 Å². The smallest absolute Gasteiger partial charge is 0.155 e. The van der Waals surface area contributed by atoms with Gasteiger partial charge >= 0.3 is 0 Å². The molecule has 0 saturated heterocycles. The second-order valence-corrected chi connectivity index (χ2v) is 15.5. The van der Waals surface area contributed by atoms with Crippen LogP contribution in [0.1, 0.15) is 131 Å². The van der Waals surface area contributed by atoms with Crippen LogP contribution in [0.25, 0.3) is 0 Å². The first-order valence-electron chi connectivity index (χ1n) is 16.4. The highest BCUT2D eigenvalue weighted by atomic mass is 16.1. The van der Waals surface area contributed by atoms with Crippen molar-refractivity contribution in [1.82, 2.24) is 0 Å². The quantitative estimate of drug-likeness (QED) is 0.383. The second kappa shape index (κ2) is 9.33.